The molecule has 0 fully saturated rings. The van der Waals surface area contributed by atoms with E-state index in [2.05, 4.69) is 16.0 Å². The zero-order valence-electron chi connectivity index (χ0n) is 16.3. The Hall–Kier alpha value is -2.81. The Labute approximate surface area is 183 Å². The van der Waals surface area contributed by atoms with Crippen LogP contribution in [0.2, 0.25) is 10.0 Å². The zero-order valence-corrected chi connectivity index (χ0v) is 17.8. The lowest BCUT2D eigenvalue weighted by Gasteiger charge is -2.15. The van der Waals surface area contributed by atoms with Gasteiger partial charge in [0.2, 0.25) is 5.91 Å². The van der Waals surface area contributed by atoms with Crippen molar-refractivity contribution in [1.82, 2.24) is 5.32 Å². The van der Waals surface area contributed by atoms with E-state index in [0.717, 1.165) is 0 Å². The fourth-order valence-electron chi connectivity index (χ4n) is 2.32. The first kappa shape index (κ1) is 23.5. The van der Waals surface area contributed by atoms with Crippen molar-refractivity contribution in [3.63, 3.8) is 0 Å². The second kappa shape index (κ2) is 11.4. The van der Waals surface area contributed by atoms with Gasteiger partial charge in [-0.2, -0.15) is 0 Å². The fraction of sp³-hybridized carbons (Fsp3) is 0.250. The van der Waals surface area contributed by atoms with Crippen LogP contribution < -0.4 is 16.0 Å². The molecule has 1 unspecified atom stereocenters. The predicted molar refractivity (Wildman–Crippen MR) is 115 cm³/mol. The third-order valence-electron chi connectivity index (χ3n) is 3.83. The number of benzene rings is 2. The summed E-state index contributed by atoms with van der Waals surface area (Å²) >= 11 is 11.9. The number of hydrogen-bond donors (Lipinski definition) is 3. The van der Waals surface area contributed by atoms with E-state index < -0.39 is 23.9 Å². The molecule has 8 nitrogen and oxygen atoms in total. The van der Waals surface area contributed by atoms with Crippen LogP contribution in [-0.2, 0) is 14.3 Å². The Morgan fingerprint density at radius 3 is 2.37 bits per heavy atom. The lowest BCUT2D eigenvalue weighted by molar-refractivity contribution is -0.117. The third kappa shape index (κ3) is 6.91. The van der Waals surface area contributed by atoms with Crippen LogP contribution in [0, 0.1) is 0 Å². The Morgan fingerprint density at radius 2 is 1.67 bits per heavy atom. The van der Waals surface area contributed by atoms with Gasteiger partial charge in [-0.05, 0) is 37.3 Å². The summed E-state index contributed by atoms with van der Waals surface area (Å²) in [6.07, 6.45) is -0.644. The highest BCUT2D eigenvalue weighted by Crippen LogP contribution is 2.25. The van der Waals surface area contributed by atoms with E-state index in [9.17, 15) is 14.4 Å². The van der Waals surface area contributed by atoms with Crippen molar-refractivity contribution < 1.29 is 23.9 Å². The summed E-state index contributed by atoms with van der Waals surface area (Å²) in [6.45, 7) is 1.93. The van der Waals surface area contributed by atoms with Gasteiger partial charge in [0.25, 0.3) is 5.91 Å². The lowest BCUT2D eigenvalue weighted by atomic mass is 10.2. The van der Waals surface area contributed by atoms with Crippen molar-refractivity contribution in [2.45, 2.75) is 13.0 Å². The largest absolute Gasteiger partial charge is 0.447 e. The lowest BCUT2D eigenvalue weighted by Crippen LogP contribution is -2.41. The molecule has 2 aromatic carbocycles. The molecule has 0 aliphatic heterocycles. The van der Waals surface area contributed by atoms with Crippen molar-refractivity contribution in [3.8, 4) is 0 Å². The van der Waals surface area contributed by atoms with Gasteiger partial charge in [0, 0.05) is 18.5 Å². The van der Waals surface area contributed by atoms with Crippen LogP contribution >= 0.6 is 23.2 Å². The van der Waals surface area contributed by atoms with E-state index in [1.807, 2.05) is 0 Å². The number of carbonyl (C=O) groups excluding carboxylic acids is 3. The van der Waals surface area contributed by atoms with Gasteiger partial charge in [0.1, 0.15) is 12.6 Å². The molecule has 0 aliphatic rings. The van der Waals surface area contributed by atoms with E-state index in [4.69, 9.17) is 32.7 Å². The number of halogens is 2. The normalized spacial score (nSPS) is 11.3. The van der Waals surface area contributed by atoms with E-state index in [0.29, 0.717) is 11.4 Å². The molecule has 30 heavy (non-hydrogen) atoms. The Balaban J connectivity index is 1.94. The summed E-state index contributed by atoms with van der Waals surface area (Å²) in [5.41, 5.74) is 1.02. The predicted octanol–water partition coefficient (Wildman–Crippen LogP) is 3.95. The molecule has 0 radical (unpaired) electrons. The highest BCUT2D eigenvalue weighted by molar-refractivity contribution is 6.43. The van der Waals surface area contributed by atoms with Gasteiger partial charge in [0.15, 0.2) is 0 Å². The molecule has 10 heteroatoms. The highest BCUT2D eigenvalue weighted by Gasteiger charge is 2.19. The molecule has 0 spiro atoms. The van der Waals surface area contributed by atoms with Crippen molar-refractivity contribution in [1.29, 1.82) is 0 Å². The maximum atomic E-state index is 12.4. The summed E-state index contributed by atoms with van der Waals surface area (Å²) in [5, 5.41) is 8.13. The number of nitrogens with one attached hydrogen (secondary N) is 3. The second-order valence-electron chi connectivity index (χ2n) is 6.12. The van der Waals surface area contributed by atoms with E-state index in [1.165, 1.54) is 20.1 Å². The van der Waals surface area contributed by atoms with Gasteiger partial charge in [0.05, 0.1) is 22.2 Å². The van der Waals surface area contributed by atoms with E-state index in [-0.39, 0.29) is 28.8 Å². The Bertz CT molecular complexity index is 923. The first-order valence-corrected chi connectivity index (χ1v) is 9.66. The van der Waals surface area contributed by atoms with Gasteiger partial charge in [-0.25, -0.2) is 4.79 Å². The molecule has 2 rings (SSSR count). The van der Waals surface area contributed by atoms with Crippen LogP contribution in [0.15, 0.2) is 42.5 Å². The quantitative estimate of drug-likeness (QED) is 0.524. The molecule has 0 saturated heterocycles. The summed E-state index contributed by atoms with van der Waals surface area (Å²) < 4.78 is 9.72. The van der Waals surface area contributed by atoms with Crippen molar-refractivity contribution in [3.05, 3.63) is 58.1 Å². The van der Waals surface area contributed by atoms with E-state index >= 15 is 0 Å². The summed E-state index contributed by atoms with van der Waals surface area (Å²) in [7, 11) is 1.50. The fourth-order valence-corrected chi connectivity index (χ4v) is 2.70. The Kier molecular flexibility index (Phi) is 8.91. The van der Waals surface area contributed by atoms with Gasteiger partial charge in [-0.1, -0.05) is 35.3 Å². The monoisotopic (exact) mass is 453 g/mol. The molecular formula is C20H21Cl2N3O5. The maximum Gasteiger partial charge on any atom is 0.411 e. The minimum Gasteiger partial charge on any atom is -0.447 e. The number of rotatable bonds is 8. The number of anilines is 2. The number of carbonyl (C=O) groups is 3. The SMILES string of the molecule is COCCOC(=O)Nc1cccc(NC(=O)C(C)NC(=O)c2cccc(Cl)c2Cl)c1. The molecule has 1 atom stereocenters. The van der Waals surface area contributed by atoms with Crippen molar-refractivity contribution in [2.75, 3.05) is 31.0 Å². The molecular weight excluding hydrogens is 433 g/mol. The molecule has 0 heterocycles. The smallest absolute Gasteiger partial charge is 0.411 e. The molecule has 2 aromatic rings. The number of hydrogen-bond acceptors (Lipinski definition) is 5. The van der Waals surface area contributed by atoms with E-state index in [1.54, 1.807) is 36.4 Å². The highest BCUT2D eigenvalue weighted by atomic mass is 35.5. The molecule has 160 valence electrons. The molecule has 0 bridgehead atoms. The van der Waals surface area contributed by atoms with Crippen LogP contribution in [0.3, 0.4) is 0 Å². The third-order valence-corrected chi connectivity index (χ3v) is 4.65. The van der Waals surface area contributed by atoms with Gasteiger partial charge in [-0.3, -0.25) is 14.9 Å². The number of ether oxygens (including phenoxy) is 2. The summed E-state index contributed by atoms with van der Waals surface area (Å²) in [6, 6.07) is 10.3. The molecule has 0 aromatic heterocycles. The van der Waals surface area contributed by atoms with Crippen LogP contribution in [-0.4, -0.2) is 44.3 Å². The molecule has 3 amide bonds. The molecule has 3 N–H and O–H groups in total. The summed E-state index contributed by atoms with van der Waals surface area (Å²) in [5.74, 6) is -0.985. The summed E-state index contributed by atoms with van der Waals surface area (Å²) in [4.78, 5) is 36.5. The first-order chi connectivity index (χ1) is 14.3. The minimum atomic E-state index is -0.858. The molecule has 0 saturated carbocycles. The van der Waals surface area contributed by atoms with Crippen LogP contribution in [0.5, 0.6) is 0 Å². The topological polar surface area (TPSA) is 106 Å². The van der Waals surface area contributed by atoms with Crippen molar-refractivity contribution in [2.24, 2.45) is 0 Å². The van der Waals surface area contributed by atoms with Crippen LogP contribution in [0.1, 0.15) is 17.3 Å². The number of methoxy groups -OCH3 is 1. The van der Waals surface area contributed by atoms with Crippen molar-refractivity contribution >= 4 is 52.5 Å². The van der Waals surface area contributed by atoms with Crippen LogP contribution in [0.4, 0.5) is 16.2 Å². The zero-order chi connectivity index (χ0) is 22.1. The average molecular weight is 454 g/mol. The Morgan fingerprint density at radius 1 is 1.00 bits per heavy atom. The maximum absolute atomic E-state index is 12.4. The molecule has 0 aliphatic carbocycles. The average Bonchev–Trinajstić information content (AvgIpc) is 2.70. The second-order valence-corrected chi connectivity index (χ2v) is 6.91. The standard InChI is InChI=1S/C20H21Cl2N3O5/c1-12(23-19(27)15-7-4-8-16(21)17(15)22)18(26)24-13-5-3-6-14(11-13)25-20(28)30-10-9-29-2/h3-8,11-12H,9-10H2,1-2H3,(H,23,27)(H,24,26)(H,25,28). The van der Waals surface area contributed by atoms with Crippen LogP contribution in [0.25, 0.3) is 0 Å². The van der Waals surface area contributed by atoms with Gasteiger partial charge < -0.3 is 20.1 Å². The first-order valence-electron chi connectivity index (χ1n) is 8.90. The number of amides is 3. The van der Waals surface area contributed by atoms with Gasteiger partial charge in [-0.15, -0.1) is 0 Å². The van der Waals surface area contributed by atoms with Gasteiger partial charge >= 0.3 is 6.09 Å². The minimum absolute atomic E-state index is 0.112.